The Morgan fingerprint density at radius 2 is 1.80 bits per heavy atom. The third-order valence-electron chi connectivity index (χ3n) is 5.00. The van der Waals surface area contributed by atoms with Gasteiger partial charge in [-0.3, -0.25) is 9.89 Å². The summed E-state index contributed by atoms with van der Waals surface area (Å²) in [5, 5.41) is 6.73. The van der Waals surface area contributed by atoms with Gasteiger partial charge in [-0.2, -0.15) is 0 Å². The fourth-order valence-corrected chi connectivity index (χ4v) is 3.37. The fourth-order valence-electron chi connectivity index (χ4n) is 3.37. The van der Waals surface area contributed by atoms with E-state index in [1.54, 1.807) is 21.3 Å². The molecule has 1 aliphatic rings. The number of hydrogen-bond donors (Lipinski definition) is 2. The third-order valence-corrected chi connectivity index (χ3v) is 5.00. The van der Waals surface area contributed by atoms with Crippen molar-refractivity contribution in [3.8, 4) is 17.2 Å². The van der Waals surface area contributed by atoms with Crippen LogP contribution >= 0.6 is 24.0 Å². The second kappa shape index (κ2) is 14.5. The van der Waals surface area contributed by atoms with Gasteiger partial charge in [-0.1, -0.05) is 6.07 Å². The number of nitrogens with one attached hydrogen (secondary N) is 2. The molecule has 30 heavy (non-hydrogen) atoms. The highest BCUT2D eigenvalue weighted by Gasteiger charge is 2.17. The van der Waals surface area contributed by atoms with E-state index in [9.17, 15) is 0 Å². The summed E-state index contributed by atoms with van der Waals surface area (Å²) in [6.07, 6.45) is 0.771. The Labute approximate surface area is 197 Å². The number of nitrogens with zero attached hydrogens (tertiary/aromatic N) is 2. The molecule has 1 fully saturated rings. The van der Waals surface area contributed by atoms with E-state index in [-0.39, 0.29) is 24.0 Å². The van der Waals surface area contributed by atoms with E-state index in [0.29, 0.717) is 23.3 Å². The summed E-state index contributed by atoms with van der Waals surface area (Å²) < 4.78 is 21.8. The number of halogens is 1. The SMILES string of the molecule is CCNC(=NCC(C)N1CCOCC1)NCCc1ccc(OC)c(OC)c1OC.I. The number of aliphatic imine (C=N–C) groups is 1. The van der Waals surface area contributed by atoms with Gasteiger partial charge in [-0.05, 0) is 26.3 Å². The molecule has 1 heterocycles. The van der Waals surface area contributed by atoms with Gasteiger partial charge in [-0.25, -0.2) is 0 Å². The summed E-state index contributed by atoms with van der Waals surface area (Å²) in [5.41, 5.74) is 1.05. The predicted octanol–water partition coefficient (Wildman–Crippen LogP) is 2.15. The summed E-state index contributed by atoms with van der Waals surface area (Å²) in [6.45, 7) is 10.1. The van der Waals surface area contributed by atoms with Crippen LogP contribution in [0, 0.1) is 0 Å². The maximum Gasteiger partial charge on any atom is 0.203 e. The molecule has 1 aliphatic heterocycles. The van der Waals surface area contributed by atoms with Gasteiger partial charge in [0.25, 0.3) is 0 Å². The molecule has 0 saturated carbocycles. The minimum Gasteiger partial charge on any atom is -0.493 e. The molecule has 1 aromatic rings. The van der Waals surface area contributed by atoms with Gasteiger partial charge < -0.3 is 29.6 Å². The van der Waals surface area contributed by atoms with Gasteiger partial charge >= 0.3 is 0 Å². The van der Waals surface area contributed by atoms with E-state index < -0.39 is 0 Å². The second-order valence-electron chi connectivity index (χ2n) is 6.89. The van der Waals surface area contributed by atoms with Gasteiger partial charge in [0.2, 0.25) is 5.75 Å². The van der Waals surface area contributed by atoms with Crippen molar-refractivity contribution in [1.29, 1.82) is 0 Å². The van der Waals surface area contributed by atoms with Crippen molar-refractivity contribution in [3.05, 3.63) is 17.7 Å². The monoisotopic (exact) mass is 536 g/mol. The Kier molecular flexibility index (Phi) is 12.9. The molecule has 172 valence electrons. The van der Waals surface area contributed by atoms with Crippen molar-refractivity contribution in [2.45, 2.75) is 26.3 Å². The zero-order valence-corrected chi connectivity index (χ0v) is 21.2. The fraction of sp³-hybridized carbons (Fsp3) is 0.667. The zero-order chi connectivity index (χ0) is 21.1. The first-order valence-corrected chi connectivity index (χ1v) is 10.3. The first kappa shape index (κ1) is 26.6. The second-order valence-corrected chi connectivity index (χ2v) is 6.89. The smallest absolute Gasteiger partial charge is 0.203 e. The van der Waals surface area contributed by atoms with Crippen LogP contribution in [0.25, 0.3) is 0 Å². The van der Waals surface area contributed by atoms with Crippen LogP contribution in [0.15, 0.2) is 17.1 Å². The number of guanidine groups is 1. The average molecular weight is 536 g/mol. The van der Waals surface area contributed by atoms with Crippen LogP contribution in [-0.4, -0.2) is 84.2 Å². The van der Waals surface area contributed by atoms with E-state index in [1.807, 2.05) is 12.1 Å². The number of methoxy groups -OCH3 is 3. The van der Waals surface area contributed by atoms with Gasteiger partial charge in [0.1, 0.15) is 0 Å². The average Bonchev–Trinajstić information content (AvgIpc) is 2.77. The van der Waals surface area contributed by atoms with Crippen LogP contribution in [-0.2, 0) is 11.2 Å². The van der Waals surface area contributed by atoms with Crippen molar-refractivity contribution >= 4 is 29.9 Å². The summed E-state index contributed by atoms with van der Waals surface area (Å²) in [5.74, 6) is 2.81. The van der Waals surface area contributed by atoms with Crippen LogP contribution in [0.4, 0.5) is 0 Å². The molecular formula is C21H37IN4O4. The Morgan fingerprint density at radius 1 is 1.10 bits per heavy atom. The molecular weight excluding hydrogens is 499 g/mol. The highest BCUT2D eigenvalue weighted by Crippen LogP contribution is 2.39. The van der Waals surface area contributed by atoms with Gasteiger partial charge in [0.15, 0.2) is 17.5 Å². The molecule has 0 spiro atoms. The standard InChI is InChI=1S/C21H36N4O4.HI/c1-6-22-21(24-15-16(2)25-11-13-29-14-12-25)23-10-9-17-7-8-18(26-3)20(28-5)19(17)27-4;/h7-8,16H,6,9-15H2,1-5H3,(H2,22,23,24);1H. The molecule has 0 amide bonds. The lowest BCUT2D eigenvalue weighted by molar-refractivity contribution is 0.0220. The normalized spacial score (nSPS) is 15.7. The molecule has 1 aromatic carbocycles. The Balaban J connectivity index is 0.00000450. The van der Waals surface area contributed by atoms with Crippen molar-refractivity contribution in [2.75, 3.05) is 67.3 Å². The summed E-state index contributed by atoms with van der Waals surface area (Å²) in [7, 11) is 4.89. The lowest BCUT2D eigenvalue weighted by Gasteiger charge is -2.31. The van der Waals surface area contributed by atoms with Gasteiger partial charge in [-0.15, -0.1) is 24.0 Å². The number of ether oxygens (including phenoxy) is 4. The lowest BCUT2D eigenvalue weighted by atomic mass is 10.1. The molecule has 9 heteroatoms. The molecule has 0 aliphatic carbocycles. The molecule has 2 rings (SSSR count). The van der Waals surface area contributed by atoms with E-state index in [0.717, 1.165) is 63.9 Å². The highest BCUT2D eigenvalue weighted by molar-refractivity contribution is 14.0. The van der Waals surface area contributed by atoms with Crippen molar-refractivity contribution in [2.24, 2.45) is 4.99 Å². The van der Waals surface area contributed by atoms with E-state index in [2.05, 4.69) is 29.4 Å². The van der Waals surface area contributed by atoms with E-state index in [4.69, 9.17) is 23.9 Å². The number of hydrogen-bond acceptors (Lipinski definition) is 6. The molecule has 1 atom stereocenters. The first-order valence-electron chi connectivity index (χ1n) is 10.3. The van der Waals surface area contributed by atoms with Crippen LogP contribution in [0.1, 0.15) is 19.4 Å². The maximum absolute atomic E-state index is 5.57. The number of rotatable bonds is 10. The Bertz CT molecular complexity index is 654. The molecule has 8 nitrogen and oxygen atoms in total. The highest BCUT2D eigenvalue weighted by atomic mass is 127. The molecule has 0 aromatic heterocycles. The van der Waals surface area contributed by atoms with Crippen molar-refractivity contribution in [1.82, 2.24) is 15.5 Å². The van der Waals surface area contributed by atoms with Crippen LogP contribution in [0.3, 0.4) is 0 Å². The minimum atomic E-state index is 0. The maximum atomic E-state index is 5.57. The third kappa shape index (κ3) is 7.66. The number of benzene rings is 1. The first-order chi connectivity index (χ1) is 14.1. The molecule has 1 saturated heterocycles. The topological polar surface area (TPSA) is 76.6 Å². The molecule has 1 unspecified atom stereocenters. The molecule has 2 N–H and O–H groups in total. The molecule has 0 radical (unpaired) electrons. The molecule has 0 bridgehead atoms. The summed E-state index contributed by atoms with van der Waals surface area (Å²) >= 11 is 0. The number of morpholine rings is 1. The van der Waals surface area contributed by atoms with Crippen LogP contribution in [0.5, 0.6) is 17.2 Å². The van der Waals surface area contributed by atoms with Crippen LogP contribution in [0.2, 0.25) is 0 Å². The Morgan fingerprint density at radius 3 is 2.40 bits per heavy atom. The van der Waals surface area contributed by atoms with E-state index >= 15 is 0 Å². The van der Waals surface area contributed by atoms with Crippen LogP contribution < -0.4 is 24.8 Å². The van der Waals surface area contributed by atoms with E-state index in [1.165, 1.54) is 0 Å². The Hall–Kier alpha value is -1.46. The lowest BCUT2D eigenvalue weighted by Crippen LogP contribution is -2.44. The largest absolute Gasteiger partial charge is 0.493 e. The summed E-state index contributed by atoms with van der Waals surface area (Å²) in [6, 6.07) is 4.30. The van der Waals surface area contributed by atoms with Gasteiger partial charge in [0.05, 0.1) is 41.1 Å². The van der Waals surface area contributed by atoms with Crippen molar-refractivity contribution < 1.29 is 18.9 Å². The predicted molar refractivity (Wildman–Crippen MR) is 131 cm³/mol. The van der Waals surface area contributed by atoms with Crippen molar-refractivity contribution in [3.63, 3.8) is 0 Å². The quantitative estimate of drug-likeness (QED) is 0.270. The zero-order valence-electron chi connectivity index (χ0n) is 18.8. The minimum absolute atomic E-state index is 0. The summed E-state index contributed by atoms with van der Waals surface area (Å²) in [4.78, 5) is 7.18. The van der Waals surface area contributed by atoms with Gasteiger partial charge in [0, 0.05) is 37.8 Å².